The molecule has 0 bridgehead atoms. The van der Waals surface area contributed by atoms with Gasteiger partial charge in [0, 0.05) is 17.3 Å². The highest BCUT2D eigenvalue weighted by molar-refractivity contribution is 6.36. The fraction of sp³-hybridized carbons (Fsp3) is 0.273. The lowest BCUT2D eigenvalue weighted by molar-refractivity contribution is -0.119. The number of esters is 1. The molecule has 30 heavy (non-hydrogen) atoms. The van der Waals surface area contributed by atoms with Gasteiger partial charge in [-0.1, -0.05) is 48.3 Å². The van der Waals surface area contributed by atoms with Crippen molar-refractivity contribution in [3.05, 3.63) is 63.4 Å². The Bertz CT molecular complexity index is 1150. The summed E-state index contributed by atoms with van der Waals surface area (Å²) in [5.41, 5.74) is 3.09. The van der Waals surface area contributed by atoms with E-state index < -0.39 is 18.5 Å². The molecule has 3 aromatic rings. The molecule has 154 valence electrons. The number of aryl methyl sites for hydroxylation is 1. The fourth-order valence-electron chi connectivity index (χ4n) is 3.67. The third-order valence-corrected chi connectivity index (χ3v) is 5.60. The summed E-state index contributed by atoms with van der Waals surface area (Å²) in [6.45, 7) is 1.70. The quantitative estimate of drug-likeness (QED) is 0.582. The van der Waals surface area contributed by atoms with Crippen LogP contribution in [0.15, 0.2) is 36.5 Å². The number of amides is 1. The number of fused-ring (bicyclic) bond motifs is 2. The molecule has 0 saturated carbocycles. The first-order valence-corrected chi connectivity index (χ1v) is 10.4. The molecule has 6 nitrogen and oxygen atoms in total. The van der Waals surface area contributed by atoms with Gasteiger partial charge in [0.2, 0.25) is 0 Å². The number of para-hydroxylation sites is 1. The molecule has 2 heterocycles. The van der Waals surface area contributed by atoms with Gasteiger partial charge < -0.3 is 10.1 Å². The smallest absolute Gasteiger partial charge is 0.339 e. The van der Waals surface area contributed by atoms with Gasteiger partial charge in [-0.2, -0.15) is 0 Å². The monoisotopic (exact) mass is 443 g/mol. The van der Waals surface area contributed by atoms with E-state index in [1.807, 2.05) is 24.3 Å². The van der Waals surface area contributed by atoms with Gasteiger partial charge in [-0.3, -0.25) is 9.78 Å². The van der Waals surface area contributed by atoms with Crippen molar-refractivity contribution < 1.29 is 14.3 Å². The Morgan fingerprint density at radius 2 is 2.07 bits per heavy atom. The minimum Gasteiger partial charge on any atom is -0.452 e. The highest BCUT2D eigenvalue weighted by Gasteiger charge is 2.26. The Kier molecular flexibility index (Phi) is 5.88. The van der Waals surface area contributed by atoms with E-state index in [1.165, 1.54) is 12.3 Å². The minimum absolute atomic E-state index is 0.155. The van der Waals surface area contributed by atoms with E-state index in [-0.39, 0.29) is 10.8 Å². The lowest BCUT2D eigenvalue weighted by Crippen LogP contribution is -2.24. The molecule has 0 fully saturated rings. The highest BCUT2D eigenvalue weighted by Crippen LogP contribution is 2.32. The molecule has 0 aliphatic heterocycles. The SMILES string of the molecule is C[C@H]1CCc2nc3ccccc3c(C(=O)OCC(=O)Nc3ncc(Cl)cc3Cl)c2C1. The number of nitrogens with one attached hydrogen (secondary N) is 1. The molecule has 0 radical (unpaired) electrons. The molecule has 1 N–H and O–H groups in total. The Balaban J connectivity index is 1.56. The number of pyridine rings is 2. The third kappa shape index (κ3) is 4.25. The Morgan fingerprint density at radius 1 is 1.27 bits per heavy atom. The number of aromatic nitrogens is 2. The molecule has 8 heteroatoms. The zero-order chi connectivity index (χ0) is 21.3. The first-order valence-electron chi connectivity index (χ1n) is 9.61. The molecule has 1 aliphatic rings. The number of ether oxygens (including phenoxy) is 1. The van der Waals surface area contributed by atoms with Gasteiger partial charge >= 0.3 is 5.97 Å². The van der Waals surface area contributed by atoms with Crippen LogP contribution in [-0.2, 0) is 22.4 Å². The number of carbonyl (C=O) groups excluding carboxylic acids is 2. The second kappa shape index (κ2) is 8.58. The topological polar surface area (TPSA) is 81.2 Å². The summed E-state index contributed by atoms with van der Waals surface area (Å²) in [5.74, 6) is -0.471. The number of hydrogen-bond acceptors (Lipinski definition) is 5. The van der Waals surface area contributed by atoms with Crippen molar-refractivity contribution >= 4 is 51.8 Å². The first kappa shape index (κ1) is 20.6. The molecule has 0 saturated heterocycles. The summed E-state index contributed by atoms with van der Waals surface area (Å²) in [5, 5.41) is 3.81. The highest BCUT2D eigenvalue weighted by atomic mass is 35.5. The predicted octanol–water partition coefficient (Wildman–Crippen LogP) is 4.86. The van der Waals surface area contributed by atoms with Crippen molar-refractivity contribution in [1.29, 1.82) is 0 Å². The summed E-state index contributed by atoms with van der Waals surface area (Å²) in [4.78, 5) is 34.0. The Morgan fingerprint density at radius 3 is 2.87 bits per heavy atom. The number of nitrogens with zero attached hydrogens (tertiary/aromatic N) is 2. The maximum atomic E-state index is 13.0. The first-order chi connectivity index (χ1) is 14.4. The summed E-state index contributed by atoms with van der Waals surface area (Å²) in [6, 6.07) is 8.95. The third-order valence-electron chi connectivity index (χ3n) is 5.11. The number of carbonyl (C=O) groups is 2. The molecule has 2 aromatic heterocycles. The molecule has 1 atom stereocenters. The summed E-state index contributed by atoms with van der Waals surface area (Å²) in [6.07, 6.45) is 3.98. The number of hydrogen-bond donors (Lipinski definition) is 1. The Labute approximate surface area is 183 Å². The summed E-state index contributed by atoms with van der Waals surface area (Å²) in [7, 11) is 0. The van der Waals surface area contributed by atoms with E-state index in [9.17, 15) is 9.59 Å². The zero-order valence-corrected chi connectivity index (χ0v) is 17.8. The lowest BCUT2D eigenvalue weighted by Gasteiger charge is -2.24. The van der Waals surface area contributed by atoms with Gasteiger partial charge in [-0.15, -0.1) is 0 Å². The average molecular weight is 444 g/mol. The average Bonchev–Trinajstić information content (AvgIpc) is 2.72. The van der Waals surface area contributed by atoms with E-state index in [4.69, 9.17) is 32.9 Å². The van der Waals surface area contributed by atoms with Crippen molar-refractivity contribution in [2.75, 3.05) is 11.9 Å². The molecule has 1 aromatic carbocycles. The van der Waals surface area contributed by atoms with E-state index in [1.54, 1.807) is 0 Å². The van der Waals surface area contributed by atoms with Crippen LogP contribution in [0.5, 0.6) is 0 Å². The van der Waals surface area contributed by atoms with Crippen LogP contribution >= 0.6 is 23.2 Å². The molecule has 0 spiro atoms. The zero-order valence-electron chi connectivity index (χ0n) is 16.2. The lowest BCUT2D eigenvalue weighted by atomic mass is 9.84. The van der Waals surface area contributed by atoms with Gasteiger partial charge in [0.05, 0.1) is 21.1 Å². The van der Waals surface area contributed by atoms with Crippen molar-refractivity contribution in [1.82, 2.24) is 9.97 Å². The van der Waals surface area contributed by atoms with Crippen LogP contribution in [0.1, 0.15) is 35.0 Å². The second-order valence-corrected chi connectivity index (χ2v) is 8.23. The van der Waals surface area contributed by atoms with E-state index in [0.717, 1.165) is 41.4 Å². The fourth-order valence-corrected chi connectivity index (χ4v) is 4.10. The van der Waals surface area contributed by atoms with Crippen molar-refractivity contribution in [2.45, 2.75) is 26.2 Å². The summed E-state index contributed by atoms with van der Waals surface area (Å²) < 4.78 is 5.36. The standard InChI is InChI=1S/C22H19Cl2N3O3/c1-12-6-7-18-15(8-12)20(14-4-2-3-5-17(14)26-18)22(29)30-11-19(28)27-21-16(24)9-13(23)10-25-21/h2-5,9-10,12H,6-8,11H2,1H3,(H,25,27,28)/t12-/m0/s1. The van der Waals surface area contributed by atoms with Gasteiger partial charge in [-0.05, 0) is 42.9 Å². The van der Waals surface area contributed by atoms with Crippen LogP contribution in [0, 0.1) is 5.92 Å². The van der Waals surface area contributed by atoms with E-state index in [2.05, 4.69) is 17.2 Å². The van der Waals surface area contributed by atoms with Gasteiger partial charge in [-0.25, -0.2) is 9.78 Å². The minimum atomic E-state index is -0.541. The molecular formula is C22H19Cl2N3O3. The van der Waals surface area contributed by atoms with Crippen LogP contribution in [0.3, 0.4) is 0 Å². The van der Waals surface area contributed by atoms with Crippen molar-refractivity contribution in [3.63, 3.8) is 0 Å². The van der Waals surface area contributed by atoms with E-state index >= 15 is 0 Å². The van der Waals surface area contributed by atoms with Crippen LogP contribution in [0.2, 0.25) is 10.0 Å². The molecule has 1 aliphatic carbocycles. The van der Waals surface area contributed by atoms with E-state index in [0.29, 0.717) is 16.5 Å². The largest absolute Gasteiger partial charge is 0.452 e. The maximum absolute atomic E-state index is 13.0. The van der Waals surface area contributed by atoms with Gasteiger partial charge in [0.25, 0.3) is 5.91 Å². The van der Waals surface area contributed by atoms with Crippen LogP contribution in [-0.4, -0.2) is 28.5 Å². The van der Waals surface area contributed by atoms with Gasteiger partial charge in [0.1, 0.15) is 0 Å². The molecular weight excluding hydrogens is 425 g/mol. The molecule has 0 unspecified atom stereocenters. The number of halogens is 2. The van der Waals surface area contributed by atoms with Crippen molar-refractivity contribution in [2.24, 2.45) is 5.92 Å². The van der Waals surface area contributed by atoms with Crippen LogP contribution < -0.4 is 5.32 Å². The predicted molar refractivity (Wildman–Crippen MR) is 116 cm³/mol. The summed E-state index contributed by atoms with van der Waals surface area (Å²) >= 11 is 11.8. The van der Waals surface area contributed by atoms with Crippen LogP contribution in [0.4, 0.5) is 5.82 Å². The molecule has 1 amide bonds. The maximum Gasteiger partial charge on any atom is 0.339 e. The Hall–Kier alpha value is -2.70. The van der Waals surface area contributed by atoms with Crippen molar-refractivity contribution in [3.8, 4) is 0 Å². The second-order valence-electron chi connectivity index (χ2n) is 7.39. The molecule has 4 rings (SSSR count). The van der Waals surface area contributed by atoms with Crippen LogP contribution in [0.25, 0.3) is 10.9 Å². The number of anilines is 1. The number of benzene rings is 1. The van der Waals surface area contributed by atoms with Gasteiger partial charge in [0.15, 0.2) is 12.4 Å². The number of rotatable bonds is 4. The normalized spacial score (nSPS) is 15.5.